The number of carbonyl (C=O) groups is 1. The summed E-state index contributed by atoms with van der Waals surface area (Å²) in [5.41, 5.74) is 1.44. The van der Waals surface area contributed by atoms with Crippen LogP contribution in [0.1, 0.15) is 38.5 Å². The predicted octanol–water partition coefficient (Wildman–Crippen LogP) is 2.88. The van der Waals surface area contributed by atoms with E-state index in [4.69, 9.17) is 4.74 Å². The number of amides is 1. The van der Waals surface area contributed by atoms with Crippen LogP contribution in [0.3, 0.4) is 0 Å². The van der Waals surface area contributed by atoms with Crippen LogP contribution < -0.4 is 5.32 Å². The molecule has 0 radical (unpaired) electrons. The van der Waals surface area contributed by atoms with Crippen LogP contribution in [0.25, 0.3) is 0 Å². The molecule has 0 saturated carbocycles. The van der Waals surface area contributed by atoms with Crippen LogP contribution in [-0.2, 0) is 11.3 Å². The van der Waals surface area contributed by atoms with Crippen molar-refractivity contribution < 1.29 is 9.53 Å². The van der Waals surface area contributed by atoms with E-state index < -0.39 is 5.60 Å². The van der Waals surface area contributed by atoms with Crippen LogP contribution in [0.4, 0.5) is 4.79 Å². The van der Waals surface area contributed by atoms with Crippen molar-refractivity contribution in [3.63, 3.8) is 0 Å². The molecule has 0 bridgehead atoms. The summed E-state index contributed by atoms with van der Waals surface area (Å²) in [6.45, 7) is 9.44. The zero-order valence-corrected chi connectivity index (χ0v) is 13.9. The number of hydrogen-bond acceptors (Lipinski definition) is 5. The second-order valence-corrected chi connectivity index (χ2v) is 7.56. The first-order valence-corrected chi connectivity index (χ1v) is 8.37. The summed E-state index contributed by atoms with van der Waals surface area (Å²) < 4.78 is 5.27. The van der Waals surface area contributed by atoms with Gasteiger partial charge < -0.3 is 10.1 Å². The molecule has 0 unspecified atom stereocenters. The monoisotopic (exact) mass is 311 g/mol. The summed E-state index contributed by atoms with van der Waals surface area (Å²) in [6.07, 6.45) is 3.96. The van der Waals surface area contributed by atoms with Crippen LogP contribution in [0.5, 0.6) is 0 Å². The second kappa shape index (κ2) is 7.22. The minimum atomic E-state index is -0.436. The molecule has 1 amide bonds. The molecule has 1 aliphatic heterocycles. The first kappa shape index (κ1) is 16.2. The van der Waals surface area contributed by atoms with Crippen molar-refractivity contribution in [2.24, 2.45) is 5.92 Å². The maximum absolute atomic E-state index is 11.7. The summed E-state index contributed by atoms with van der Waals surface area (Å²) >= 11 is 1.70. The quantitative estimate of drug-likeness (QED) is 0.929. The summed E-state index contributed by atoms with van der Waals surface area (Å²) in [7, 11) is 0. The zero-order valence-electron chi connectivity index (χ0n) is 13.1. The molecular weight excluding hydrogens is 286 g/mol. The normalized spacial score (nSPS) is 20.2. The molecule has 1 fully saturated rings. The Balaban J connectivity index is 1.72. The molecule has 1 N–H and O–H groups in total. The molecule has 0 aliphatic carbocycles. The first-order valence-electron chi connectivity index (χ1n) is 7.49. The fraction of sp³-hybridized carbons (Fsp3) is 0.733. The lowest BCUT2D eigenvalue weighted by Gasteiger charge is -2.32. The molecule has 0 spiro atoms. The highest BCUT2D eigenvalue weighted by Gasteiger charge is 2.22. The zero-order chi connectivity index (χ0) is 15.3. The molecule has 1 atom stereocenters. The smallest absolute Gasteiger partial charge is 0.407 e. The molecule has 21 heavy (non-hydrogen) atoms. The van der Waals surface area contributed by atoms with Crippen molar-refractivity contribution in [3.8, 4) is 0 Å². The van der Waals surface area contributed by atoms with Crippen molar-refractivity contribution in [1.29, 1.82) is 0 Å². The minimum absolute atomic E-state index is 0.318. The number of carbonyl (C=O) groups excluding carboxylic acids is 1. The predicted molar refractivity (Wildman–Crippen MR) is 84.4 cm³/mol. The lowest BCUT2D eigenvalue weighted by atomic mass is 9.98. The van der Waals surface area contributed by atoms with Gasteiger partial charge in [-0.3, -0.25) is 9.88 Å². The molecule has 6 heteroatoms. The molecule has 118 valence electrons. The van der Waals surface area contributed by atoms with Gasteiger partial charge in [-0.05, 0) is 46.1 Å². The van der Waals surface area contributed by atoms with E-state index in [1.165, 1.54) is 11.3 Å². The third kappa shape index (κ3) is 6.01. The molecule has 5 nitrogen and oxygen atoms in total. The van der Waals surface area contributed by atoms with Gasteiger partial charge in [-0.2, -0.15) is 0 Å². The van der Waals surface area contributed by atoms with Gasteiger partial charge in [-0.15, -0.1) is 11.3 Å². The van der Waals surface area contributed by atoms with Gasteiger partial charge in [-0.1, -0.05) is 0 Å². The molecule has 2 rings (SSSR count). The van der Waals surface area contributed by atoms with Gasteiger partial charge in [0.1, 0.15) is 5.60 Å². The minimum Gasteiger partial charge on any atom is -0.444 e. The highest BCUT2D eigenvalue weighted by Crippen LogP contribution is 2.19. The Bertz CT molecular complexity index is 442. The molecule has 1 saturated heterocycles. The number of hydrogen-bond donors (Lipinski definition) is 1. The second-order valence-electron chi connectivity index (χ2n) is 6.59. The van der Waals surface area contributed by atoms with Gasteiger partial charge in [0, 0.05) is 30.7 Å². The molecule has 2 heterocycles. The van der Waals surface area contributed by atoms with Crippen molar-refractivity contribution >= 4 is 17.4 Å². The fourth-order valence-electron chi connectivity index (χ4n) is 2.54. The van der Waals surface area contributed by atoms with Crippen molar-refractivity contribution in [2.75, 3.05) is 19.6 Å². The van der Waals surface area contributed by atoms with Crippen molar-refractivity contribution in [1.82, 2.24) is 15.2 Å². The van der Waals surface area contributed by atoms with E-state index in [2.05, 4.69) is 15.2 Å². The van der Waals surface area contributed by atoms with Gasteiger partial charge in [0.25, 0.3) is 0 Å². The van der Waals surface area contributed by atoms with Gasteiger partial charge in [-0.25, -0.2) is 4.79 Å². The van der Waals surface area contributed by atoms with Crippen LogP contribution in [-0.4, -0.2) is 41.2 Å². The Morgan fingerprint density at radius 1 is 1.57 bits per heavy atom. The van der Waals surface area contributed by atoms with Gasteiger partial charge >= 0.3 is 6.09 Å². The number of likely N-dealkylation sites (tertiary alicyclic amines) is 1. The van der Waals surface area contributed by atoms with E-state index in [0.29, 0.717) is 12.5 Å². The number of aromatic nitrogens is 1. The third-order valence-corrected chi connectivity index (χ3v) is 4.16. The van der Waals surface area contributed by atoms with E-state index in [1.54, 1.807) is 11.3 Å². The van der Waals surface area contributed by atoms with Crippen LogP contribution in [0.15, 0.2) is 11.7 Å². The number of rotatable bonds is 4. The average molecular weight is 311 g/mol. The Morgan fingerprint density at radius 3 is 3.05 bits per heavy atom. The van der Waals surface area contributed by atoms with Gasteiger partial charge in [0.2, 0.25) is 0 Å². The third-order valence-electron chi connectivity index (χ3n) is 3.40. The summed E-state index contributed by atoms with van der Waals surface area (Å²) in [5, 5.41) is 2.89. The highest BCUT2D eigenvalue weighted by molar-refractivity contribution is 7.09. The number of alkyl carbamates (subject to hydrolysis) is 1. The summed E-state index contributed by atoms with van der Waals surface area (Å²) in [6, 6.07) is 0. The van der Waals surface area contributed by atoms with Gasteiger partial charge in [0.05, 0.1) is 5.51 Å². The van der Waals surface area contributed by atoms with Crippen LogP contribution >= 0.6 is 11.3 Å². The maximum Gasteiger partial charge on any atom is 0.407 e. The van der Waals surface area contributed by atoms with Crippen LogP contribution in [0, 0.1) is 5.92 Å². The van der Waals surface area contributed by atoms with E-state index in [-0.39, 0.29) is 6.09 Å². The highest BCUT2D eigenvalue weighted by atomic mass is 32.1. The SMILES string of the molecule is CC(C)(C)OC(=O)NC[C@@H]1CCCN(Cc2cncs2)C1. The largest absolute Gasteiger partial charge is 0.444 e. The number of nitrogens with zero attached hydrogens (tertiary/aromatic N) is 2. The Morgan fingerprint density at radius 2 is 2.38 bits per heavy atom. The maximum atomic E-state index is 11.7. The molecule has 1 aliphatic rings. The van der Waals surface area contributed by atoms with E-state index in [9.17, 15) is 4.79 Å². The van der Waals surface area contributed by atoms with E-state index in [0.717, 1.165) is 26.1 Å². The molecular formula is C15H25N3O2S. The van der Waals surface area contributed by atoms with Crippen molar-refractivity contribution in [3.05, 3.63) is 16.6 Å². The number of ether oxygens (including phenoxy) is 1. The fourth-order valence-corrected chi connectivity index (χ4v) is 3.18. The summed E-state index contributed by atoms with van der Waals surface area (Å²) in [4.78, 5) is 19.5. The van der Waals surface area contributed by atoms with Gasteiger partial charge in [0.15, 0.2) is 0 Å². The Kier molecular flexibility index (Phi) is 5.58. The van der Waals surface area contributed by atoms with Crippen molar-refractivity contribution in [2.45, 2.75) is 45.8 Å². The lowest BCUT2D eigenvalue weighted by Crippen LogP contribution is -2.41. The summed E-state index contributed by atoms with van der Waals surface area (Å²) in [5.74, 6) is 0.499. The lowest BCUT2D eigenvalue weighted by molar-refractivity contribution is 0.0506. The van der Waals surface area contributed by atoms with E-state index in [1.807, 2.05) is 32.5 Å². The molecule has 0 aromatic carbocycles. The molecule has 1 aromatic rings. The van der Waals surface area contributed by atoms with Crippen LogP contribution in [0.2, 0.25) is 0 Å². The van der Waals surface area contributed by atoms with E-state index >= 15 is 0 Å². The average Bonchev–Trinajstić information content (AvgIpc) is 2.88. The Labute approximate surface area is 130 Å². The molecule has 1 aromatic heterocycles. The number of thiazole rings is 1. The number of piperidine rings is 1. The standard InChI is InChI=1S/C15H25N3O2S/c1-15(2,3)20-14(19)17-7-12-5-4-6-18(9-12)10-13-8-16-11-21-13/h8,11-12H,4-7,9-10H2,1-3H3,(H,17,19)/t12-/m0/s1. The first-order chi connectivity index (χ1) is 9.92. The topological polar surface area (TPSA) is 54.5 Å². The Hall–Kier alpha value is -1.14. The number of nitrogens with one attached hydrogen (secondary N) is 1.